The molecule has 0 rings (SSSR count). The molecule has 0 saturated carbocycles. The Morgan fingerprint density at radius 1 is 0.606 bits per heavy atom. The zero-order valence-corrected chi connectivity index (χ0v) is 22.4. The van der Waals surface area contributed by atoms with Crippen molar-refractivity contribution in [1.29, 1.82) is 0 Å². The first-order chi connectivity index (χ1) is 16.2. The van der Waals surface area contributed by atoms with Crippen LogP contribution in [0.2, 0.25) is 0 Å². The third kappa shape index (κ3) is 22.9. The Morgan fingerprint density at radius 3 is 1.36 bits per heavy atom. The van der Waals surface area contributed by atoms with E-state index in [1.54, 1.807) is 0 Å². The third-order valence-electron chi connectivity index (χ3n) is 6.87. The number of nitrogens with one attached hydrogen (secondary N) is 1. The number of hydrogen-bond acceptors (Lipinski definition) is 3. The van der Waals surface area contributed by atoms with E-state index in [2.05, 4.69) is 19.2 Å². The molecule has 0 aromatic carbocycles. The molecule has 0 heterocycles. The smallest absolute Gasteiger partial charge is 0.220 e. The van der Waals surface area contributed by atoms with E-state index in [9.17, 15) is 15.0 Å². The predicted octanol–water partition coefficient (Wildman–Crippen LogP) is 7.84. The standard InChI is InChI=1S/C29H59NO3/c1-3-5-7-9-10-11-12-13-14-15-16-17-18-19-21-23-25-29(33)30-27(26-31)28(32)24-22-20-8-6-4-2/h27-28,31-32H,3-26H2,1-2H3,(H,30,33). The molecular formula is C29H59NO3. The first-order valence-electron chi connectivity index (χ1n) is 14.7. The topological polar surface area (TPSA) is 69.6 Å². The van der Waals surface area contributed by atoms with Crippen LogP contribution in [-0.2, 0) is 4.79 Å². The first kappa shape index (κ1) is 32.4. The van der Waals surface area contributed by atoms with Crippen LogP contribution in [-0.4, -0.2) is 34.9 Å². The van der Waals surface area contributed by atoms with E-state index in [0.29, 0.717) is 12.8 Å². The van der Waals surface area contributed by atoms with Gasteiger partial charge in [-0.25, -0.2) is 0 Å². The molecule has 0 bridgehead atoms. The lowest BCUT2D eigenvalue weighted by atomic mass is 10.0. The van der Waals surface area contributed by atoms with Gasteiger partial charge in [-0.1, -0.05) is 142 Å². The van der Waals surface area contributed by atoms with Crippen LogP contribution < -0.4 is 5.32 Å². The summed E-state index contributed by atoms with van der Waals surface area (Å²) in [6.45, 7) is 4.27. The van der Waals surface area contributed by atoms with E-state index < -0.39 is 12.1 Å². The number of carbonyl (C=O) groups excluding carboxylic acids is 1. The quantitative estimate of drug-likeness (QED) is 0.113. The summed E-state index contributed by atoms with van der Waals surface area (Å²) in [5, 5.41) is 22.6. The van der Waals surface area contributed by atoms with Crippen molar-refractivity contribution in [3.05, 3.63) is 0 Å². The molecule has 4 nitrogen and oxygen atoms in total. The van der Waals surface area contributed by atoms with E-state index in [1.807, 2.05) is 0 Å². The van der Waals surface area contributed by atoms with Crippen LogP contribution in [0, 0.1) is 0 Å². The molecule has 0 spiro atoms. The van der Waals surface area contributed by atoms with Crippen LogP contribution in [0.15, 0.2) is 0 Å². The molecular weight excluding hydrogens is 410 g/mol. The molecule has 0 aliphatic rings. The molecule has 0 aliphatic carbocycles. The van der Waals surface area contributed by atoms with Gasteiger partial charge < -0.3 is 15.5 Å². The molecule has 1 amide bonds. The van der Waals surface area contributed by atoms with Crippen LogP contribution in [0.3, 0.4) is 0 Å². The Balaban J connectivity index is 3.48. The van der Waals surface area contributed by atoms with Gasteiger partial charge in [-0.05, 0) is 12.8 Å². The Hall–Kier alpha value is -0.610. The van der Waals surface area contributed by atoms with Crippen molar-refractivity contribution < 1.29 is 15.0 Å². The van der Waals surface area contributed by atoms with Gasteiger partial charge in [-0.3, -0.25) is 4.79 Å². The van der Waals surface area contributed by atoms with Crippen molar-refractivity contribution >= 4 is 5.91 Å². The lowest BCUT2D eigenvalue weighted by molar-refractivity contribution is -0.123. The van der Waals surface area contributed by atoms with Crippen LogP contribution in [0.4, 0.5) is 0 Å². The second-order valence-corrected chi connectivity index (χ2v) is 10.2. The summed E-state index contributed by atoms with van der Waals surface area (Å²) in [5.74, 6) is -0.0375. The lowest BCUT2D eigenvalue weighted by Crippen LogP contribution is -2.45. The fraction of sp³-hybridized carbons (Fsp3) is 0.966. The predicted molar refractivity (Wildman–Crippen MR) is 143 cm³/mol. The van der Waals surface area contributed by atoms with E-state index >= 15 is 0 Å². The summed E-state index contributed by atoms with van der Waals surface area (Å²) in [5.41, 5.74) is 0. The molecule has 0 radical (unpaired) electrons. The van der Waals surface area contributed by atoms with Gasteiger partial charge in [0.25, 0.3) is 0 Å². The van der Waals surface area contributed by atoms with Crippen molar-refractivity contribution in [2.24, 2.45) is 0 Å². The van der Waals surface area contributed by atoms with Crippen LogP contribution >= 0.6 is 0 Å². The molecule has 33 heavy (non-hydrogen) atoms. The monoisotopic (exact) mass is 469 g/mol. The van der Waals surface area contributed by atoms with Crippen molar-refractivity contribution in [3.8, 4) is 0 Å². The van der Waals surface area contributed by atoms with E-state index in [1.165, 1.54) is 109 Å². The second kappa shape index (κ2) is 26.0. The number of aliphatic hydroxyl groups is 2. The minimum Gasteiger partial charge on any atom is -0.394 e. The van der Waals surface area contributed by atoms with Crippen LogP contribution in [0.25, 0.3) is 0 Å². The molecule has 0 saturated heterocycles. The van der Waals surface area contributed by atoms with Gasteiger partial charge in [0.2, 0.25) is 5.91 Å². The Labute approximate surface area is 206 Å². The normalized spacial score (nSPS) is 13.2. The van der Waals surface area contributed by atoms with Crippen molar-refractivity contribution in [2.75, 3.05) is 6.61 Å². The minimum atomic E-state index is -0.647. The SMILES string of the molecule is CCCCCCCCCCCCCCCCCCC(=O)NC(CO)C(O)CCCCCCC. The zero-order valence-electron chi connectivity index (χ0n) is 22.4. The highest BCUT2D eigenvalue weighted by Crippen LogP contribution is 2.14. The molecule has 0 aliphatic heterocycles. The van der Waals surface area contributed by atoms with Gasteiger partial charge in [0, 0.05) is 6.42 Å². The fourth-order valence-electron chi connectivity index (χ4n) is 4.53. The molecule has 4 heteroatoms. The Kier molecular flexibility index (Phi) is 25.5. The largest absolute Gasteiger partial charge is 0.394 e. The summed E-state index contributed by atoms with van der Waals surface area (Å²) in [7, 11) is 0. The first-order valence-corrected chi connectivity index (χ1v) is 14.7. The van der Waals surface area contributed by atoms with Gasteiger partial charge in [0.1, 0.15) is 0 Å². The highest BCUT2D eigenvalue weighted by Gasteiger charge is 2.19. The number of rotatable bonds is 26. The molecule has 0 fully saturated rings. The van der Waals surface area contributed by atoms with E-state index in [-0.39, 0.29) is 12.5 Å². The number of hydrogen-bond donors (Lipinski definition) is 3. The molecule has 198 valence electrons. The van der Waals surface area contributed by atoms with E-state index in [0.717, 1.165) is 25.7 Å². The highest BCUT2D eigenvalue weighted by atomic mass is 16.3. The summed E-state index contributed by atoms with van der Waals surface area (Å²) in [4.78, 5) is 12.1. The molecule has 2 atom stereocenters. The van der Waals surface area contributed by atoms with Crippen LogP contribution in [0.1, 0.15) is 162 Å². The maximum absolute atomic E-state index is 12.1. The number of aliphatic hydroxyl groups excluding tert-OH is 2. The highest BCUT2D eigenvalue weighted by molar-refractivity contribution is 5.76. The van der Waals surface area contributed by atoms with Crippen molar-refractivity contribution in [2.45, 2.75) is 174 Å². The molecule has 0 aromatic heterocycles. The molecule has 2 unspecified atom stereocenters. The Morgan fingerprint density at radius 2 is 0.970 bits per heavy atom. The average molecular weight is 470 g/mol. The molecule has 3 N–H and O–H groups in total. The number of amides is 1. The van der Waals surface area contributed by atoms with Gasteiger partial charge in [-0.15, -0.1) is 0 Å². The summed E-state index contributed by atoms with van der Waals surface area (Å²) >= 11 is 0. The fourth-order valence-corrected chi connectivity index (χ4v) is 4.53. The summed E-state index contributed by atoms with van der Waals surface area (Å²) < 4.78 is 0. The second-order valence-electron chi connectivity index (χ2n) is 10.2. The average Bonchev–Trinajstić information content (AvgIpc) is 2.82. The van der Waals surface area contributed by atoms with Crippen molar-refractivity contribution in [1.82, 2.24) is 5.32 Å². The Bertz CT molecular complexity index is 402. The van der Waals surface area contributed by atoms with Crippen molar-refractivity contribution in [3.63, 3.8) is 0 Å². The maximum Gasteiger partial charge on any atom is 0.220 e. The molecule has 0 aromatic rings. The van der Waals surface area contributed by atoms with Crippen LogP contribution in [0.5, 0.6) is 0 Å². The lowest BCUT2D eigenvalue weighted by Gasteiger charge is -2.22. The third-order valence-corrected chi connectivity index (χ3v) is 6.87. The van der Waals surface area contributed by atoms with Gasteiger partial charge in [0.05, 0.1) is 18.8 Å². The van der Waals surface area contributed by atoms with Gasteiger partial charge >= 0.3 is 0 Å². The minimum absolute atomic E-state index is 0.0375. The zero-order chi connectivity index (χ0) is 24.4. The summed E-state index contributed by atoms with van der Waals surface area (Å²) in [6.07, 6.45) is 27.4. The number of unbranched alkanes of at least 4 members (excludes halogenated alkanes) is 19. The summed E-state index contributed by atoms with van der Waals surface area (Å²) in [6, 6.07) is -0.523. The van der Waals surface area contributed by atoms with E-state index in [4.69, 9.17) is 0 Å². The van der Waals surface area contributed by atoms with Gasteiger partial charge in [0.15, 0.2) is 0 Å². The maximum atomic E-state index is 12.1. The van der Waals surface area contributed by atoms with Gasteiger partial charge in [-0.2, -0.15) is 0 Å². The number of carbonyl (C=O) groups is 1.